The fraction of sp³-hybridized carbons (Fsp3) is 0.320. The van der Waals surface area contributed by atoms with E-state index < -0.39 is 24.5 Å². The highest BCUT2D eigenvalue weighted by molar-refractivity contribution is 7.22. The Labute approximate surface area is 189 Å². The third-order valence-corrected chi connectivity index (χ3v) is 6.09. The van der Waals surface area contributed by atoms with Crippen LogP contribution in [0.1, 0.15) is 25.8 Å². The molecule has 7 heteroatoms. The highest BCUT2D eigenvalue weighted by atomic mass is 32.1. The number of aryl methyl sites for hydroxylation is 1. The molecule has 1 atom stereocenters. The van der Waals surface area contributed by atoms with Gasteiger partial charge < -0.3 is 9.47 Å². The Kier molecular flexibility index (Phi) is 7.61. The largest absolute Gasteiger partial charge is 0.493 e. The molecule has 170 valence electrons. The fourth-order valence-corrected chi connectivity index (χ4v) is 4.27. The highest BCUT2D eigenvalue weighted by Crippen LogP contribution is 2.36. The topological polar surface area (TPSA) is 35.5 Å². The predicted molar refractivity (Wildman–Crippen MR) is 122 cm³/mol. The Morgan fingerprint density at radius 3 is 2.44 bits per heavy atom. The van der Waals surface area contributed by atoms with Crippen molar-refractivity contribution in [2.45, 2.75) is 32.9 Å². The van der Waals surface area contributed by atoms with E-state index in [1.54, 1.807) is 17.4 Å². The number of benzene rings is 2. The number of carbonyl (C=O) groups excluding carboxylic acids is 1. The van der Waals surface area contributed by atoms with Gasteiger partial charge >= 0.3 is 12.1 Å². The average Bonchev–Trinajstić information content (AvgIpc) is 3.17. The quantitative estimate of drug-likeness (QED) is 0.249. The molecule has 3 nitrogen and oxygen atoms in total. The normalized spacial score (nSPS) is 12.5. The molecule has 2 aromatic carbocycles. The van der Waals surface area contributed by atoms with Gasteiger partial charge in [0.1, 0.15) is 5.75 Å². The zero-order valence-corrected chi connectivity index (χ0v) is 18.8. The lowest BCUT2D eigenvalue weighted by molar-refractivity contribution is -0.158. The summed E-state index contributed by atoms with van der Waals surface area (Å²) in [5.74, 6) is -1.24. The Bertz CT molecular complexity index is 1080. The van der Waals surface area contributed by atoms with Crippen LogP contribution in [0.15, 0.2) is 60.7 Å². The molecule has 1 unspecified atom stereocenters. The minimum absolute atomic E-state index is 0.139. The molecule has 1 aromatic heterocycles. The van der Waals surface area contributed by atoms with E-state index in [-0.39, 0.29) is 18.8 Å². The maximum atomic E-state index is 12.9. The van der Waals surface area contributed by atoms with Crippen LogP contribution in [0.25, 0.3) is 20.5 Å². The second kappa shape index (κ2) is 10.2. The average molecular weight is 463 g/mol. The van der Waals surface area contributed by atoms with E-state index in [0.29, 0.717) is 5.75 Å². The van der Waals surface area contributed by atoms with Crippen LogP contribution in [0.2, 0.25) is 0 Å². The number of hydrogen-bond donors (Lipinski definition) is 0. The van der Waals surface area contributed by atoms with E-state index in [4.69, 9.17) is 9.47 Å². The molecule has 0 spiro atoms. The minimum Gasteiger partial charge on any atom is -0.493 e. The second-order valence-corrected chi connectivity index (χ2v) is 8.82. The Morgan fingerprint density at radius 2 is 1.81 bits per heavy atom. The smallest absolute Gasteiger partial charge is 0.389 e. The standard InChI is InChI=1S/C25H25F3O3S/c1-4-17-5-7-19(8-6-17)22-11-20-9-10-21(12-23(20)32-22)30-14-18(13-25(26,27)28)15-31-24(29)16(2)3/h5-12,18H,2,4,13-15H2,1,3H3. The molecule has 3 aromatic rings. The molecule has 0 radical (unpaired) electrons. The van der Waals surface area contributed by atoms with Crippen molar-refractivity contribution in [1.82, 2.24) is 0 Å². The van der Waals surface area contributed by atoms with E-state index in [2.05, 4.69) is 43.8 Å². The fourth-order valence-electron chi connectivity index (χ4n) is 3.17. The van der Waals surface area contributed by atoms with Crippen LogP contribution >= 0.6 is 11.3 Å². The van der Waals surface area contributed by atoms with Crippen molar-refractivity contribution in [2.75, 3.05) is 13.2 Å². The van der Waals surface area contributed by atoms with E-state index in [0.717, 1.165) is 26.9 Å². The highest BCUT2D eigenvalue weighted by Gasteiger charge is 2.33. The van der Waals surface area contributed by atoms with E-state index >= 15 is 0 Å². The number of fused-ring (bicyclic) bond motifs is 1. The Balaban J connectivity index is 1.70. The molecule has 3 rings (SSSR count). The van der Waals surface area contributed by atoms with Gasteiger partial charge in [-0.2, -0.15) is 13.2 Å². The van der Waals surface area contributed by atoms with Crippen LogP contribution in [-0.2, 0) is 16.0 Å². The monoisotopic (exact) mass is 462 g/mol. The third kappa shape index (κ3) is 6.60. The number of thiophene rings is 1. The van der Waals surface area contributed by atoms with E-state index in [9.17, 15) is 18.0 Å². The summed E-state index contributed by atoms with van der Waals surface area (Å²) in [6.07, 6.45) is -4.51. The number of alkyl halides is 3. The zero-order valence-electron chi connectivity index (χ0n) is 18.0. The molecular formula is C25H25F3O3S. The third-order valence-electron chi connectivity index (χ3n) is 4.94. The predicted octanol–water partition coefficient (Wildman–Crippen LogP) is 7.20. The van der Waals surface area contributed by atoms with Crippen molar-refractivity contribution in [1.29, 1.82) is 0 Å². The molecule has 0 amide bonds. The number of hydrogen-bond acceptors (Lipinski definition) is 4. The summed E-state index contributed by atoms with van der Waals surface area (Å²) in [7, 11) is 0. The molecule has 0 aliphatic heterocycles. The lowest BCUT2D eigenvalue weighted by Gasteiger charge is -2.19. The van der Waals surface area contributed by atoms with Gasteiger partial charge in [-0.15, -0.1) is 11.3 Å². The van der Waals surface area contributed by atoms with Gasteiger partial charge in [0.2, 0.25) is 0 Å². The molecule has 0 N–H and O–H groups in total. The first-order valence-electron chi connectivity index (χ1n) is 10.3. The number of halogens is 3. The first kappa shape index (κ1) is 23.9. The molecule has 0 bridgehead atoms. The number of ether oxygens (including phenoxy) is 2. The lowest BCUT2D eigenvalue weighted by Crippen LogP contribution is -2.26. The summed E-state index contributed by atoms with van der Waals surface area (Å²) in [5, 5.41) is 1.04. The van der Waals surface area contributed by atoms with Gasteiger partial charge in [-0.25, -0.2) is 4.79 Å². The SMILES string of the molecule is C=C(C)C(=O)OCC(COc1ccc2cc(-c3ccc(CC)cc3)sc2c1)CC(F)(F)F. The van der Waals surface area contributed by atoms with Crippen molar-refractivity contribution in [3.8, 4) is 16.2 Å². The van der Waals surface area contributed by atoms with Crippen molar-refractivity contribution in [3.05, 3.63) is 66.2 Å². The first-order chi connectivity index (χ1) is 15.1. The van der Waals surface area contributed by atoms with Gasteiger partial charge in [0, 0.05) is 21.1 Å². The van der Waals surface area contributed by atoms with Crippen LogP contribution in [0.4, 0.5) is 13.2 Å². The Morgan fingerprint density at radius 1 is 1.09 bits per heavy atom. The zero-order chi connectivity index (χ0) is 23.3. The van der Waals surface area contributed by atoms with Crippen molar-refractivity contribution >= 4 is 27.4 Å². The molecule has 32 heavy (non-hydrogen) atoms. The summed E-state index contributed by atoms with van der Waals surface area (Å²) >= 11 is 1.60. The number of rotatable bonds is 9. The number of esters is 1. The van der Waals surface area contributed by atoms with E-state index in [1.165, 1.54) is 12.5 Å². The Hall–Kier alpha value is -2.80. The number of carbonyl (C=O) groups is 1. The van der Waals surface area contributed by atoms with Gasteiger partial charge in [-0.1, -0.05) is 37.8 Å². The van der Waals surface area contributed by atoms with Gasteiger partial charge in [0.05, 0.1) is 19.6 Å². The first-order valence-corrected chi connectivity index (χ1v) is 11.1. The summed E-state index contributed by atoms with van der Waals surface area (Å²) in [6, 6.07) is 16.0. The minimum atomic E-state index is -4.39. The summed E-state index contributed by atoms with van der Waals surface area (Å²) < 4.78 is 50.3. The van der Waals surface area contributed by atoms with Crippen molar-refractivity contribution in [3.63, 3.8) is 0 Å². The van der Waals surface area contributed by atoms with Crippen LogP contribution < -0.4 is 4.74 Å². The van der Waals surface area contributed by atoms with Crippen molar-refractivity contribution in [2.24, 2.45) is 5.92 Å². The molecule has 0 fully saturated rings. The molecule has 0 saturated heterocycles. The molecular weight excluding hydrogens is 437 g/mol. The van der Waals surface area contributed by atoms with Crippen LogP contribution in [0, 0.1) is 5.92 Å². The van der Waals surface area contributed by atoms with Gasteiger partial charge in [0.25, 0.3) is 0 Å². The van der Waals surface area contributed by atoms with Gasteiger partial charge in [0.15, 0.2) is 0 Å². The maximum absolute atomic E-state index is 12.9. The maximum Gasteiger partial charge on any atom is 0.389 e. The van der Waals surface area contributed by atoms with Crippen molar-refractivity contribution < 1.29 is 27.4 Å². The van der Waals surface area contributed by atoms with Gasteiger partial charge in [-0.3, -0.25) is 0 Å². The van der Waals surface area contributed by atoms with Crippen LogP contribution in [-0.4, -0.2) is 25.4 Å². The molecule has 0 aliphatic rings. The lowest BCUT2D eigenvalue weighted by atomic mass is 10.1. The molecule has 1 heterocycles. The summed E-state index contributed by atoms with van der Waals surface area (Å²) in [6.45, 7) is 6.39. The molecule has 0 aliphatic carbocycles. The van der Waals surface area contributed by atoms with Crippen LogP contribution in [0.3, 0.4) is 0 Å². The summed E-state index contributed by atoms with van der Waals surface area (Å²) in [5.41, 5.74) is 2.53. The second-order valence-electron chi connectivity index (χ2n) is 7.74. The summed E-state index contributed by atoms with van der Waals surface area (Å²) in [4.78, 5) is 12.7. The molecule has 0 saturated carbocycles. The van der Waals surface area contributed by atoms with E-state index in [1.807, 2.05) is 12.1 Å². The van der Waals surface area contributed by atoms with Gasteiger partial charge in [-0.05, 0) is 54.1 Å². The van der Waals surface area contributed by atoms with Crippen LogP contribution in [0.5, 0.6) is 5.75 Å².